The highest BCUT2D eigenvalue weighted by Gasteiger charge is 2.24. The van der Waals surface area contributed by atoms with Crippen LogP contribution in [0.15, 0.2) is 164 Å². The predicted octanol–water partition coefficient (Wildman–Crippen LogP) is 11.1. The first-order valence-electron chi connectivity index (χ1n) is 16.9. The van der Waals surface area contributed by atoms with Crippen LogP contribution in [0.4, 0.5) is 0 Å². The Morgan fingerprint density at radius 1 is 0.320 bits per heavy atom. The summed E-state index contributed by atoms with van der Waals surface area (Å²) in [7, 11) is 0. The number of aromatic nitrogens is 5. The van der Waals surface area contributed by atoms with Crippen LogP contribution in [0.25, 0.3) is 99.6 Å². The van der Waals surface area contributed by atoms with Gasteiger partial charge in [-0.15, -0.1) is 0 Å². The molecule has 0 saturated heterocycles. The summed E-state index contributed by atoms with van der Waals surface area (Å²) < 4.78 is 4.68. The molecule has 5 nitrogen and oxygen atoms in total. The highest BCUT2D eigenvalue weighted by Crippen LogP contribution is 2.45. The van der Waals surface area contributed by atoms with Crippen molar-refractivity contribution in [1.29, 1.82) is 0 Å². The number of para-hydroxylation sites is 2. The summed E-state index contributed by atoms with van der Waals surface area (Å²) in [5, 5.41) is 9.94. The molecule has 232 valence electrons. The van der Waals surface area contributed by atoms with Crippen molar-refractivity contribution in [2.75, 3.05) is 0 Å². The van der Waals surface area contributed by atoms with Crippen molar-refractivity contribution in [2.45, 2.75) is 0 Å². The molecule has 0 saturated carbocycles. The Labute approximate surface area is 286 Å². The number of fused-ring (bicyclic) bond motifs is 6. The average Bonchev–Trinajstić information content (AvgIpc) is 3.72. The SMILES string of the molecule is c1ccc(-c2nc(-c3ccccc3)nc(-n3c4ccccc4c4cccc(-n5c6cccc7c8ccccc8c8cccc5c8c76)c43)n2)cc1. The van der Waals surface area contributed by atoms with Gasteiger partial charge in [-0.05, 0) is 45.8 Å². The Morgan fingerprint density at radius 2 is 0.780 bits per heavy atom. The summed E-state index contributed by atoms with van der Waals surface area (Å²) in [5.41, 5.74) is 7.39. The van der Waals surface area contributed by atoms with Gasteiger partial charge in [0.15, 0.2) is 11.6 Å². The molecule has 11 aromatic rings. The lowest BCUT2D eigenvalue weighted by Crippen LogP contribution is -2.08. The second-order valence-electron chi connectivity index (χ2n) is 12.8. The number of hydrogen-bond acceptors (Lipinski definition) is 3. The topological polar surface area (TPSA) is 48.5 Å². The van der Waals surface area contributed by atoms with Gasteiger partial charge in [-0.3, -0.25) is 4.57 Å². The maximum atomic E-state index is 5.22. The van der Waals surface area contributed by atoms with Gasteiger partial charge in [-0.1, -0.05) is 140 Å². The zero-order valence-electron chi connectivity index (χ0n) is 26.8. The van der Waals surface area contributed by atoms with Crippen molar-refractivity contribution in [2.24, 2.45) is 0 Å². The summed E-state index contributed by atoms with van der Waals surface area (Å²) >= 11 is 0. The lowest BCUT2D eigenvalue weighted by molar-refractivity contribution is 0.950. The quantitative estimate of drug-likeness (QED) is 0.180. The Hall–Kier alpha value is -6.85. The van der Waals surface area contributed by atoms with Crippen molar-refractivity contribution in [3.8, 4) is 34.4 Å². The summed E-state index contributed by atoms with van der Waals surface area (Å²) in [5.74, 6) is 1.84. The van der Waals surface area contributed by atoms with Crippen LogP contribution in [0.5, 0.6) is 0 Å². The molecular formula is C45H27N5. The van der Waals surface area contributed by atoms with E-state index in [-0.39, 0.29) is 0 Å². The molecule has 50 heavy (non-hydrogen) atoms. The molecule has 0 aliphatic rings. The van der Waals surface area contributed by atoms with E-state index >= 15 is 0 Å². The molecule has 0 fully saturated rings. The van der Waals surface area contributed by atoms with Crippen LogP contribution in [0.1, 0.15) is 0 Å². The van der Waals surface area contributed by atoms with E-state index < -0.39 is 0 Å². The van der Waals surface area contributed by atoms with Gasteiger partial charge in [-0.2, -0.15) is 9.97 Å². The molecule has 8 aromatic carbocycles. The minimum atomic E-state index is 0.579. The zero-order chi connectivity index (χ0) is 32.8. The number of nitrogens with zero attached hydrogens (tertiary/aromatic N) is 5. The fourth-order valence-electron chi connectivity index (χ4n) is 8.06. The van der Waals surface area contributed by atoms with E-state index in [1.54, 1.807) is 0 Å². The summed E-state index contributed by atoms with van der Waals surface area (Å²) in [6.07, 6.45) is 0. The molecule has 0 aliphatic heterocycles. The summed E-state index contributed by atoms with van der Waals surface area (Å²) in [6, 6.07) is 57.7. The molecular weight excluding hydrogens is 611 g/mol. The van der Waals surface area contributed by atoms with E-state index in [0.717, 1.165) is 38.6 Å². The molecule has 11 rings (SSSR count). The second kappa shape index (κ2) is 10.3. The van der Waals surface area contributed by atoms with Crippen LogP contribution >= 0.6 is 0 Å². The Morgan fingerprint density at radius 3 is 1.38 bits per heavy atom. The van der Waals surface area contributed by atoms with Gasteiger partial charge in [0.25, 0.3) is 0 Å². The third-order valence-corrected chi connectivity index (χ3v) is 10.1. The van der Waals surface area contributed by atoms with Crippen LogP contribution in [-0.4, -0.2) is 24.1 Å². The van der Waals surface area contributed by atoms with Gasteiger partial charge in [-0.25, -0.2) is 4.98 Å². The van der Waals surface area contributed by atoms with E-state index in [1.165, 1.54) is 43.4 Å². The molecule has 3 aromatic heterocycles. The van der Waals surface area contributed by atoms with Crippen molar-refractivity contribution in [3.05, 3.63) is 164 Å². The molecule has 0 unspecified atom stereocenters. The second-order valence-corrected chi connectivity index (χ2v) is 12.8. The van der Waals surface area contributed by atoms with Gasteiger partial charge in [0, 0.05) is 32.7 Å². The van der Waals surface area contributed by atoms with Gasteiger partial charge >= 0.3 is 0 Å². The minimum absolute atomic E-state index is 0.579. The average molecular weight is 638 g/mol. The van der Waals surface area contributed by atoms with E-state index in [9.17, 15) is 0 Å². The Bertz CT molecular complexity index is 2940. The van der Waals surface area contributed by atoms with Crippen LogP contribution in [0.3, 0.4) is 0 Å². The van der Waals surface area contributed by atoms with Crippen LogP contribution in [0.2, 0.25) is 0 Å². The largest absolute Gasteiger partial charge is 0.307 e. The van der Waals surface area contributed by atoms with Crippen LogP contribution in [0, 0.1) is 0 Å². The van der Waals surface area contributed by atoms with Crippen molar-refractivity contribution in [3.63, 3.8) is 0 Å². The molecule has 0 radical (unpaired) electrons. The van der Waals surface area contributed by atoms with Crippen LogP contribution in [-0.2, 0) is 0 Å². The van der Waals surface area contributed by atoms with E-state index in [4.69, 9.17) is 15.0 Å². The number of hydrogen-bond donors (Lipinski definition) is 0. The lowest BCUT2D eigenvalue weighted by atomic mass is 9.95. The van der Waals surface area contributed by atoms with E-state index in [2.05, 4.69) is 137 Å². The van der Waals surface area contributed by atoms with Gasteiger partial charge in [0.05, 0.1) is 27.8 Å². The molecule has 0 amide bonds. The smallest absolute Gasteiger partial charge is 0.238 e. The molecule has 0 bridgehead atoms. The van der Waals surface area contributed by atoms with Crippen molar-refractivity contribution < 1.29 is 0 Å². The van der Waals surface area contributed by atoms with Gasteiger partial charge in [0.1, 0.15) is 0 Å². The Balaban J connectivity index is 1.30. The lowest BCUT2D eigenvalue weighted by Gasteiger charge is -2.14. The molecule has 5 heteroatoms. The van der Waals surface area contributed by atoms with Gasteiger partial charge in [0.2, 0.25) is 5.95 Å². The molecule has 0 atom stereocenters. The third kappa shape index (κ3) is 3.74. The first kappa shape index (κ1) is 27.1. The van der Waals surface area contributed by atoms with E-state index in [0.29, 0.717) is 17.6 Å². The van der Waals surface area contributed by atoms with Crippen molar-refractivity contribution in [1.82, 2.24) is 24.1 Å². The normalized spacial score (nSPS) is 12.0. The first-order chi connectivity index (χ1) is 24.8. The zero-order valence-corrected chi connectivity index (χ0v) is 26.8. The monoisotopic (exact) mass is 637 g/mol. The predicted molar refractivity (Wildman–Crippen MR) is 206 cm³/mol. The first-order valence-corrected chi connectivity index (χ1v) is 16.9. The third-order valence-electron chi connectivity index (χ3n) is 10.1. The number of rotatable bonds is 4. The summed E-state index contributed by atoms with van der Waals surface area (Å²) in [6.45, 7) is 0. The maximum absolute atomic E-state index is 5.22. The number of benzene rings is 8. The minimum Gasteiger partial charge on any atom is -0.307 e. The van der Waals surface area contributed by atoms with Gasteiger partial charge < -0.3 is 4.57 Å². The molecule has 0 spiro atoms. The van der Waals surface area contributed by atoms with Crippen LogP contribution < -0.4 is 0 Å². The maximum Gasteiger partial charge on any atom is 0.238 e. The molecule has 3 heterocycles. The van der Waals surface area contributed by atoms with E-state index in [1.807, 2.05) is 36.4 Å². The molecule has 0 N–H and O–H groups in total. The van der Waals surface area contributed by atoms with Crippen molar-refractivity contribution >= 4 is 65.2 Å². The Kier molecular flexibility index (Phi) is 5.60. The standard InChI is InChI=1S/C45H27N5/c1-3-14-28(15-4-1)43-46-44(29-16-5-2-6-17-29)48-45(47-43)50-36-24-10-9-20-32(36)35-23-13-27-39(42(35)50)49-37-25-11-21-33-30-18-7-8-19-31(30)34-22-12-26-38(49)41(34)40(33)37/h1-27H. The summed E-state index contributed by atoms with van der Waals surface area (Å²) in [4.78, 5) is 15.4. The highest BCUT2D eigenvalue weighted by atomic mass is 15.2. The molecule has 0 aliphatic carbocycles. The fourth-order valence-corrected chi connectivity index (χ4v) is 8.06. The highest BCUT2D eigenvalue weighted by molar-refractivity contribution is 6.34. The fraction of sp³-hybridized carbons (Fsp3) is 0.